The number of hydrogen-bond acceptors (Lipinski definition) is 3. The predicted octanol–water partition coefficient (Wildman–Crippen LogP) is 2.26. The van der Waals surface area contributed by atoms with Crippen LogP contribution in [0.25, 0.3) is 0 Å². The van der Waals surface area contributed by atoms with Gasteiger partial charge in [-0.2, -0.15) is 0 Å². The molecule has 0 bridgehead atoms. The summed E-state index contributed by atoms with van der Waals surface area (Å²) < 4.78 is 26.8. The third-order valence-corrected chi connectivity index (χ3v) is 5.59. The molecule has 4 nitrogen and oxygen atoms in total. The van der Waals surface area contributed by atoms with E-state index in [1.807, 2.05) is 0 Å². The Morgan fingerprint density at radius 1 is 1.21 bits per heavy atom. The SMILES string of the molecule is CC(C)CCCCCCNS(=O)(=O)C1CCCNC1. The zero-order valence-electron chi connectivity index (χ0n) is 12.5. The Kier molecular flexibility index (Phi) is 7.95. The van der Waals surface area contributed by atoms with E-state index in [0.29, 0.717) is 13.1 Å². The molecule has 1 fully saturated rings. The van der Waals surface area contributed by atoms with E-state index in [2.05, 4.69) is 23.9 Å². The molecule has 0 saturated carbocycles. The van der Waals surface area contributed by atoms with E-state index < -0.39 is 10.0 Å². The lowest BCUT2D eigenvalue weighted by Gasteiger charge is -2.23. The Bertz CT molecular complexity index is 322. The molecule has 5 heteroatoms. The zero-order valence-corrected chi connectivity index (χ0v) is 13.3. The fourth-order valence-corrected chi connectivity index (χ4v) is 3.93. The first-order chi connectivity index (χ1) is 9.02. The van der Waals surface area contributed by atoms with Crippen molar-refractivity contribution in [2.75, 3.05) is 19.6 Å². The minimum Gasteiger partial charge on any atom is -0.315 e. The van der Waals surface area contributed by atoms with Gasteiger partial charge in [-0.1, -0.05) is 39.5 Å². The first kappa shape index (κ1) is 16.9. The highest BCUT2D eigenvalue weighted by atomic mass is 32.2. The van der Waals surface area contributed by atoms with Gasteiger partial charge in [0.1, 0.15) is 0 Å². The average molecular weight is 290 g/mol. The van der Waals surface area contributed by atoms with Crippen molar-refractivity contribution >= 4 is 10.0 Å². The maximum Gasteiger partial charge on any atom is 0.215 e. The van der Waals surface area contributed by atoms with E-state index in [1.54, 1.807) is 0 Å². The summed E-state index contributed by atoms with van der Waals surface area (Å²) in [4.78, 5) is 0. The molecule has 1 heterocycles. The van der Waals surface area contributed by atoms with Gasteiger partial charge < -0.3 is 5.32 Å². The van der Waals surface area contributed by atoms with Gasteiger partial charge in [0.2, 0.25) is 10.0 Å². The second-order valence-electron chi connectivity index (χ2n) is 6.00. The van der Waals surface area contributed by atoms with Crippen LogP contribution in [0.3, 0.4) is 0 Å². The van der Waals surface area contributed by atoms with Crippen LogP contribution in [-0.2, 0) is 10.0 Å². The lowest BCUT2D eigenvalue weighted by molar-refractivity contribution is 0.487. The highest BCUT2D eigenvalue weighted by Gasteiger charge is 2.26. The Hall–Kier alpha value is -0.130. The van der Waals surface area contributed by atoms with Crippen LogP contribution in [0.4, 0.5) is 0 Å². The van der Waals surface area contributed by atoms with Crippen LogP contribution in [0.15, 0.2) is 0 Å². The molecular weight excluding hydrogens is 260 g/mol. The third kappa shape index (κ3) is 7.28. The van der Waals surface area contributed by atoms with Crippen molar-refractivity contribution in [1.29, 1.82) is 0 Å². The normalized spacial score (nSPS) is 20.9. The van der Waals surface area contributed by atoms with Gasteiger partial charge in [-0.3, -0.25) is 0 Å². The summed E-state index contributed by atoms with van der Waals surface area (Å²) in [5.74, 6) is 0.775. The molecule has 2 N–H and O–H groups in total. The Balaban J connectivity index is 2.07. The van der Waals surface area contributed by atoms with Gasteiger partial charge >= 0.3 is 0 Å². The molecule has 114 valence electrons. The van der Waals surface area contributed by atoms with Crippen LogP contribution < -0.4 is 10.0 Å². The Morgan fingerprint density at radius 3 is 2.58 bits per heavy atom. The molecule has 0 aromatic carbocycles. The predicted molar refractivity (Wildman–Crippen MR) is 80.7 cm³/mol. The molecule has 0 aliphatic carbocycles. The summed E-state index contributed by atoms with van der Waals surface area (Å²) >= 11 is 0. The molecule has 1 aliphatic heterocycles. The second kappa shape index (κ2) is 8.93. The fourth-order valence-electron chi connectivity index (χ4n) is 2.45. The quantitative estimate of drug-likeness (QED) is 0.640. The van der Waals surface area contributed by atoms with E-state index >= 15 is 0 Å². The van der Waals surface area contributed by atoms with E-state index in [1.165, 1.54) is 19.3 Å². The molecule has 0 amide bonds. The van der Waals surface area contributed by atoms with Crippen LogP contribution in [0, 0.1) is 5.92 Å². The lowest BCUT2D eigenvalue weighted by atomic mass is 10.0. The van der Waals surface area contributed by atoms with E-state index in [4.69, 9.17) is 0 Å². The Labute approximate surface area is 118 Å². The summed E-state index contributed by atoms with van der Waals surface area (Å²) in [5, 5.41) is 2.92. The lowest BCUT2D eigenvalue weighted by Crippen LogP contribution is -2.44. The number of rotatable bonds is 9. The second-order valence-corrected chi connectivity index (χ2v) is 8.05. The van der Waals surface area contributed by atoms with E-state index in [0.717, 1.165) is 38.1 Å². The van der Waals surface area contributed by atoms with Gasteiger partial charge in [0.05, 0.1) is 5.25 Å². The van der Waals surface area contributed by atoms with Gasteiger partial charge in [-0.05, 0) is 31.7 Å². The highest BCUT2D eigenvalue weighted by molar-refractivity contribution is 7.90. The maximum atomic E-state index is 12.0. The van der Waals surface area contributed by atoms with Crippen molar-refractivity contribution in [3.8, 4) is 0 Å². The molecule has 0 aromatic rings. The van der Waals surface area contributed by atoms with Crippen molar-refractivity contribution in [3.63, 3.8) is 0 Å². The smallest absolute Gasteiger partial charge is 0.215 e. The average Bonchev–Trinajstić information content (AvgIpc) is 2.38. The molecule has 0 radical (unpaired) electrons. The summed E-state index contributed by atoms with van der Waals surface area (Å²) in [5.41, 5.74) is 0. The monoisotopic (exact) mass is 290 g/mol. The molecule has 19 heavy (non-hydrogen) atoms. The van der Waals surface area contributed by atoms with Gasteiger partial charge in [-0.25, -0.2) is 13.1 Å². The van der Waals surface area contributed by atoms with Gasteiger partial charge in [0.15, 0.2) is 0 Å². The van der Waals surface area contributed by atoms with Gasteiger partial charge in [-0.15, -0.1) is 0 Å². The number of piperidine rings is 1. The topological polar surface area (TPSA) is 58.2 Å². The minimum atomic E-state index is -3.10. The molecule has 1 atom stereocenters. The third-order valence-electron chi connectivity index (χ3n) is 3.70. The maximum absolute atomic E-state index is 12.0. The molecule has 1 saturated heterocycles. The van der Waals surface area contributed by atoms with Crippen LogP contribution in [0.1, 0.15) is 58.8 Å². The van der Waals surface area contributed by atoms with Crippen molar-refractivity contribution < 1.29 is 8.42 Å². The molecule has 1 aliphatic rings. The van der Waals surface area contributed by atoms with Crippen LogP contribution in [0.2, 0.25) is 0 Å². The fraction of sp³-hybridized carbons (Fsp3) is 1.00. The summed E-state index contributed by atoms with van der Waals surface area (Å²) in [6.07, 6.45) is 7.58. The van der Waals surface area contributed by atoms with Gasteiger partial charge in [0.25, 0.3) is 0 Å². The van der Waals surface area contributed by atoms with Crippen molar-refractivity contribution in [1.82, 2.24) is 10.0 Å². The first-order valence-electron chi connectivity index (χ1n) is 7.71. The summed E-state index contributed by atoms with van der Waals surface area (Å²) in [7, 11) is -3.10. The molecule has 1 unspecified atom stereocenters. The minimum absolute atomic E-state index is 0.234. The van der Waals surface area contributed by atoms with Gasteiger partial charge in [0, 0.05) is 13.1 Å². The van der Waals surface area contributed by atoms with E-state index in [9.17, 15) is 8.42 Å². The first-order valence-corrected chi connectivity index (χ1v) is 9.26. The number of unbranched alkanes of at least 4 members (excludes halogenated alkanes) is 3. The number of sulfonamides is 1. The van der Waals surface area contributed by atoms with Crippen LogP contribution >= 0.6 is 0 Å². The van der Waals surface area contributed by atoms with Crippen molar-refractivity contribution in [2.24, 2.45) is 5.92 Å². The van der Waals surface area contributed by atoms with Crippen molar-refractivity contribution in [2.45, 2.75) is 64.0 Å². The molecule has 1 rings (SSSR count). The Morgan fingerprint density at radius 2 is 1.95 bits per heavy atom. The van der Waals surface area contributed by atoms with Crippen LogP contribution in [-0.4, -0.2) is 33.3 Å². The summed E-state index contributed by atoms with van der Waals surface area (Å²) in [6.45, 7) is 6.63. The molecular formula is C14H30N2O2S. The standard InChI is InChI=1S/C14H30N2O2S/c1-13(2)8-5-3-4-6-11-16-19(17,18)14-9-7-10-15-12-14/h13-16H,3-12H2,1-2H3. The largest absolute Gasteiger partial charge is 0.315 e. The highest BCUT2D eigenvalue weighted by Crippen LogP contribution is 2.11. The molecule has 0 aromatic heterocycles. The summed E-state index contributed by atoms with van der Waals surface area (Å²) in [6, 6.07) is 0. The zero-order chi connectivity index (χ0) is 14.1. The van der Waals surface area contributed by atoms with Crippen LogP contribution in [0.5, 0.6) is 0 Å². The van der Waals surface area contributed by atoms with Crippen molar-refractivity contribution in [3.05, 3.63) is 0 Å². The van der Waals surface area contributed by atoms with E-state index in [-0.39, 0.29) is 5.25 Å². The molecule has 0 spiro atoms. The number of nitrogens with one attached hydrogen (secondary N) is 2. The number of hydrogen-bond donors (Lipinski definition) is 2.